The second-order valence-electron chi connectivity index (χ2n) is 4.63. The van der Waals surface area contributed by atoms with E-state index in [4.69, 9.17) is 16.3 Å². The molecule has 0 N–H and O–H groups in total. The first-order chi connectivity index (χ1) is 9.97. The van der Waals surface area contributed by atoms with Gasteiger partial charge in [0.1, 0.15) is 0 Å². The number of hydrogen-bond donors (Lipinski definition) is 0. The molecular formula is C15H16ClFN2O2. The normalized spacial score (nSPS) is 10.7. The zero-order valence-electron chi connectivity index (χ0n) is 12.1. The van der Waals surface area contributed by atoms with E-state index in [1.165, 1.54) is 25.3 Å². The van der Waals surface area contributed by atoms with Crippen LogP contribution in [0, 0.1) is 5.82 Å². The number of benzene rings is 1. The number of aryl methyl sites for hydroxylation is 2. The van der Waals surface area contributed by atoms with Crippen LogP contribution in [0.5, 0.6) is 5.75 Å². The molecule has 4 nitrogen and oxygen atoms in total. The van der Waals surface area contributed by atoms with Crippen molar-refractivity contribution in [1.29, 1.82) is 0 Å². The first-order valence-electron chi connectivity index (χ1n) is 6.54. The summed E-state index contributed by atoms with van der Waals surface area (Å²) >= 11 is 6.22. The standard InChI is InChI=1S/C15H16ClFN2O2/c1-4-11-15(16)12(19(2)18-11)8-13(20)9-5-6-10(17)14(7-9)21-3/h5-7H,4,8H2,1-3H3. The van der Waals surface area contributed by atoms with E-state index in [0.29, 0.717) is 22.7 Å². The van der Waals surface area contributed by atoms with E-state index in [9.17, 15) is 9.18 Å². The Morgan fingerprint density at radius 3 is 2.76 bits per heavy atom. The van der Waals surface area contributed by atoms with Crippen LogP contribution in [-0.2, 0) is 19.9 Å². The molecule has 0 amide bonds. The van der Waals surface area contributed by atoms with Crippen molar-refractivity contribution >= 4 is 17.4 Å². The maximum atomic E-state index is 13.4. The first kappa shape index (κ1) is 15.5. The minimum atomic E-state index is -0.499. The first-order valence-corrected chi connectivity index (χ1v) is 6.92. The molecule has 2 aromatic rings. The predicted molar refractivity (Wildman–Crippen MR) is 78.6 cm³/mol. The van der Waals surface area contributed by atoms with Crippen LogP contribution in [0.15, 0.2) is 18.2 Å². The Labute approximate surface area is 127 Å². The molecule has 0 spiro atoms. The van der Waals surface area contributed by atoms with Crippen molar-refractivity contribution < 1.29 is 13.9 Å². The summed E-state index contributed by atoms with van der Waals surface area (Å²) in [6, 6.07) is 4.04. The average Bonchev–Trinajstić information content (AvgIpc) is 2.75. The van der Waals surface area contributed by atoms with Crippen molar-refractivity contribution in [3.8, 4) is 5.75 Å². The molecule has 0 saturated carbocycles. The molecule has 0 unspecified atom stereocenters. The van der Waals surface area contributed by atoms with Gasteiger partial charge in [0, 0.05) is 12.6 Å². The van der Waals surface area contributed by atoms with Gasteiger partial charge in [0.2, 0.25) is 0 Å². The van der Waals surface area contributed by atoms with Crippen molar-refractivity contribution in [3.05, 3.63) is 46.0 Å². The minimum Gasteiger partial charge on any atom is -0.494 e. The highest BCUT2D eigenvalue weighted by Crippen LogP contribution is 2.24. The summed E-state index contributed by atoms with van der Waals surface area (Å²) in [5, 5.41) is 4.79. The number of rotatable bonds is 5. The van der Waals surface area contributed by atoms with Crippen LogP contribution in [0.4, 0.5) is 4.39 Å². The van der Waals surface area contributed by atoms with Gasteiger partial charge in [0.05, 0.1) is 29.9 Å². The van der Waals surface area contributed by atoms with E-state index in [1.807, 2.05) is 6.92 Å². The molecule has 1 aromatic carbocycles. The zero-order valence-corrected chi connectivity index (χ0v) is 12.9. The van der Waals surface area contributed by atoms with Gasteiger partial charge in [-0.15, -0.1) is 0 Å². The lowest BCUT2D eigenvalue weighted by atomic mass is 10.1. The van der Waals surface area contributed by atoms with Crippen molar-refractivity contribution in [3.63, 3.8) is 0 Å². The number of ether oxygens (including phenoxy) is 1. The third kappa shape index (κ3) is 3.08. The molecule has 2 rings (SSSR count). The van der Waals surface area contributed by atoms with Gasteiger partial charge in [0.25, 0.3) is 0 Å². The molecule has 0 fully saturated rings. The fourth-order valence-corrected chi connectivity index (χ4v) is 2.46. The summed E-state index contributed by atoms with van der Waals surface area (Å²) < 4.78 is 19.9. The molecule has 0 radical (unpaired) electrons. The maximum Gasteiger partial charge on any atom is 0.168 e. The van der Waals surface area contributed by atoms with Crippen LogP contribution in [0.2, 0.25) is 5.02 Å². The third-order valence-electron chi connectivity index (χ3n) is 3.30. The molecule has 0 aliphatic carbocycles. The van der Waals surface area contributed by atoms with E-state index < -0.39 is 5.82 Å². The number of methoxy groups -OCH3 is 1. The second kappa shape index (κ2) is 6.26. The molecule has 0 saturated heterocycles. The van der Waals surface area contributed by atoms with Gasteiger partial charge in [0.15, 0.2) is 17.3 Å². The largest absolute Gasteiger partial charge is 0.494 e. The fraction of sp³-hybridized carbons (Fsp3) is 0.333. The fourth-order valence-electron chi connectivity index (χ4n) is 2.10. The van der Waals surface area contributed by atoms with Gasteiger partial charge in [-0.05, 0) is 24.6 Å². The van der Waals surface area contributed by atoms with E-state index in [1.54, 1.807) is 11.7 Å². The van der Waals surface area contributed by atoms with E-state index in [2.05, 4.69) is 5.10 Å². The number of carbonyl (C=O) groups excluding carboxylic acids is 1. The lowest BCUT2D eigenvalue weighted by molar-refractivity contribution is 0.0990. The Morgan fingerprint density at radius 1 is 1.48 bits per heavy atom. The third-order valence-corrected chi connectivity index (χ3v) is 3.74. The van der Waals surface area contributed by atoms with E-state index in [-0.39, 0.29) is 18.0 Å². The Kier molecular flexibility index (Phi) is 4.63. The van der Waals surface area contributed by atoms with Gasteiger partial charge >= 0.3 is 0 Å². The molecule has 112 valence electrons. The van der Waals surface area contributed by atoms with Crippen LogP contribution >= 0.6 is 11.6 Å². The van der Waals surface area contributed by atoms with Crippen LogP contribution < -0.4 is 4.74 Å². The van der Waals surface area contributed by atoms with Crippen molar-refractivity contribution in [1.82, 2.24) is 9.78 Å². The van der Waals surface area contributed by atoms with E-state index in [0.717, 1.165) is 5.69 Å². The number of hydrogen-bond acceptors (Lipinski definition) is 3. The van der Waals surface area contributed by atoms with Crippen molar-refractivity contribution in [2.75, 3.05) is 7.11 Å². The van der Waals surface area contributed by atoms with Gasteiger partial charge in [-0.25, -0.2) is 4.39 Å². The Morgan fingerprint density at radius 2 is 2.19 bits per heavy atom. The lowest BCUT2D eigenvalue weighted by Crippen LogP contribution is -2.08. The van der Waals surface area contributed by atoms with Gasteiger partial charge in [-0.3, -0.25) is 9.48 Å². The van der Waals surface area contributed by atoms with Gasteiger partial charge in [-0.2, -0.15) is 5.10 Å². The molecule has 21 heavy (non-hydrogen) atoms. The van der Waals surface area contributed by atoms with Crippen LogP contribution in [0.1, 0.15) is 28.7 Å². The summed E-state index contributed by atoms with van der Waals surface area (Å²) in [7, 11) is 3.11. The van der Waals surface area contributed by atoms with Crippen LogP contribution in [0.3, 0.4) is 0 Å². The molecule has 0 aliphatic rings. The molecule has 0 bridgehead atoms. The summed E-state index contributed by atoms with van der Waals surface area (Å²) in [4.78, 5) is 12.3. The molecule has 6 heteroatoms. The van der Waals surface area contributed by atoms with Crippen molar-refractivity contribution in [2.45, 2.75) is 19.8 Å². The zero-order chi connectivity index (χ0) is 15.6. The number of aromatic nitrogens is 2. The van der Waals surface area contributed by atoms with E-state index >= 15 is 0 Å². The second-order valence-corrected chi connectivity index (χ2v) is 5.01. The Hall–Kier alpha value is -1.88. The molecule has 1 aromatic heterocycles. The highest BCUT2D eigenvalue weighted by molar-refractivity contribution is 6.32. The number of Topliss-reactive ketones (excluding diaryl/α,β-unsaturated/α-hetero) is 1. The topological polar surface area (TPSA) is 44.1 Å². The monoisotopic (exact) mass is 310 g/mol. The molecule has 1 heterocycles. The Bertz CT molecular complexity index is 683. The van der Waals surface area contributed by atoms with Crippen LogP contribution in [-0.4, -0.2) is 22.7 Å². The van der Waals surface area contributed by atoms with Gasteiger partial charge < -0.3 is 4.74 Å². The Balaban J connectivity index is 2.28. The number of carbonyl (C=O) groups is 1. The summed E-state index contributed by atoms with van der Waals surface area (Å²) in [5.41, 5.74) is 1.80. The van der Waals surface area contributed by atoms with Crippen molar-refractivity contribution in [2.24, 2.45) is 7.05 Å². The maximum absolute atomic E-state index is 13.4. The number of ketones is 1. The number of nitrogens with zero attached hydrogens (tertiary/aromatic N) is 2. The molecule has 0 aliphatic heterocycles. The number of halogens is 2. The summed E-state index contributed by atoms with van der Waals surface area (Å²) in [6.07, 6.45) is 0.808. The lowest BCUT2D eigenvalue weighted by Gasteiger charge is -2.06. The quantitative estimate of drug-likeness (QED) is 0.797. The predicted octanol–water partition coefficient (Wildman–Crippen LogP) is 3.21. The molecule has 0 atom stereocenters. The highest BCUT2D eigenvalue weighted by Gasteiger charge is 2.18. The summed E-state index contributed by atoms with van der Waals surface area (Å²) in [5.74, 6) is -0.618. The average molecular weight is 311 g/mol. The van der Waals surface area contributed by atoms with Crippen LogP contribution in [0.25, 0.3) is 0 Å². The summed E-state index contributed by atoms with van der Waals surface area (Å²) in [6.45, 7) is 1.95. The highest BCUT2D eigenvalue weighted by atomic mass is 35.5. The SMILES string of the molecule is CCc1nn(C)c(CC(=O)c2ccc(F)c(OC)c2)c1Cl. The minimum absolute atomic E-state index is 0.0474. The molecular weight excluding hydrogens is 295 g/mol. The van der Waals surface area contributed by atoms with Gasteiger partial charge in [-0.1, -0.05) is 18.5 Å². The smallest absolute Gasteiger partial charge is 0.168 e.